The number of rotatable bonds is 26. The van der Waals surface area contributed by atoms with E-state index in [2.05, 4.69) is 90.9 Å². The summed E-state index contributed by atoms with van der Waals surface area (Å²) in [5.41, 5.74) is -2.17. The van der Waals surface area contributed by atoms with E-state index in [1.807, 2.05) is 0 Å². The Labute approximate surface area is 657 Å². The number of hydrogen-bond donors (Lipinski definition) is 6. The summed E-state index contributed by atoms with van der Waals surface area (Å²) in [6, 6.07) is 0. The van der Waals surface area contributed by atoms with E-state index in [0.717, 1.165) is 24.7 Å². The highest BCUT2D eigenvalue weighted by molar-refractivity contribution is 6.29. The molecule has 2 amide bonds. The number of carbonyl (C=O) groups is 8. The van der Waals surface area contributed by atoms with Gasteiger partial charge in [0.2, 0.25) is 21.5 Å². The number of imide groups is 1. The lowest BCUT2D eigenvalue weighted by Crippen LogP contribution is -2.53. The highest BCUT2D eigenvalue weighted by Gasteiger charge is 2.56. The van der Waals surface area contributed by atoms with Gasteiger partial charge < -0.3 is 73.3 Å². The fourth-order valence-electron chi connectivity index (χ4n) is 11.7. The average molecular weight is 1670 g/mol. The van der Waals surface area contributed by atoms with Gasteiger partial charge in [-0.05, 0) is 111 Å². The SMILES string of the molecule is CCOC(=O)C(Cc1nn[nH]n1)(OC[C@H]1O[C@@H](n2cnc3c(N(C(=O)OC(C)(C)C)C(=O)OC(C)(C)C)nc(Cl)nc32)[C@@H](F)[C@@H]1C)C(C)=O.Nc1nc(Cl)nc2c1ncn2[C@@H]1O[C@H](COC(Cc2nn[nH]n2)(C(=O)O)C(=O)O)[C@@H](O)[C@@H]1F.[C-]#[N+]CC(OC[C@H]1O[C@@H](n2cnc3c(C)nc(Cl)nc32)[C@@H](F)[C@@H]1C)(C(C)=O)C(=O)OCC. The number of nitrogens with one attached hydrogen (secondary N) is 2. The van der Waals surface area contributed by atoms with Crippen LogP contribution in [0.15, 0.2) is 19.0 Å². The molecule has 7 N–H and O–H groups in total. The zero-order valence-electron chi connectivity index (χ0n) is 62.8. The molecule has 3 fully saturated rings. The number of carbonyl (C=O) groups excluding carboxylic acids is 6. The summed E-state index contributed by atoms with van der Waals surface area (Å²) in [6.45, 7) is 25.0. The smallest absolute Gasteiger partial charge is 0.425 e. The molecule has 8 aromatic rings. The van der Waals surface area contributed by atoms with Crippen LogP contribution < -0.4 is 10.6 Å². The van der Waals surface area contributed by atoms with Crippen molar-refractivity contribution in [3.63, 3.8) is 0 Å². The van der Waals surface area contributed by atoms with Crippen molar-refractivity contribution in [2.75, 3.05) is 50.2 Å². The van der Waals surface area contributed by atoms with Gasteiger partial charge in [-0.25, -0.2) is 68.4 Å². The third-order valence-electron chi connectivity index (χ3n) is 17.6. The Morgan fingerprint density at radius 1 is 0.596 bits per heavy atom. The molecular formula is C64H77Cl3F3N23O21. The van der Waals surface area contributed by atoms with Crippen molar-refractivity contribution in [2.45, 2.75) is 192 Å². The number of anilines is 2. The molecule has 11 rings (SSSR count). The molecule has 0 aromatic carbocycles. The van der Waals surface area contributed by atoms with Crippen molar-refractivity contribution in [3.8, 4) is 0 Å². The predicted octanol–water partition coefficient (Wildman–Crippen LogP) is 4.52. The summed E-state index contributed by atoms with van der Waals surface area (Å²) in [6.07, 6.45) is -14.0. The Hall–Kier alpha value is -10.6. The summed E-state index contributed by atoms with van der Waals surface area (Å²) < 4.78 is 105. The number of ketones is 2. The summed E-state index contributed by atoms with van der Waals surface area (Å²) in [7, 11) is 0. The number of esters is 2. The highest BCUT2D eigenvalue weighted by atomic mass is 35.5. The van der Waals surface area contributed by atoms with Gasteiger partial charge in [0.1, 0.15) is 34.4 Å². The second-order valence-electron chi connectivity index (χ2n) is 27.7. The van der Waals surface area contributed by atoms with Gasteiger partial charge in [-0.1, -0.05) is 24.3 Å². The van der Waals surface area contributed by atoms with Gasteiger partial charge >= 0.3 is 36.1 Å². The molecule has 0 saturated carbocycles. The number of aliphatic hydroxyl groups excluding tert-OH is 1. The first-order valence-corrected chi connectivity index (χ1v) is 35.5. The van der Waals surface area contributed by atoms with Gasteiger partial charge in [-0.2, -0.15) is 40.2 Å². The maximum absolute atomic E-state index is 16.0. The summed E-state index contributed by atoms with van der Waals surface area (Å²) in [5.74, 6) is -9.25. The number of hydrogen-bond acceptors (Lipinski definition) is 35. The van der Waals surface area contributed by atoms with Crippen molar-refractivity contribution >= 4 is 128 Å². The summed E-state index contributed by atoms with van der Waals surface area (Å²) >= 11 is 18.0. The highest BCUT2D eigenvalue weighted by Crippen LogP contribution is 2.42. The minimum atomic E-state index is -2.85. The number of alkyl halides is 3. The molecule has 8 aromatic heterocycles. The van der Waals surface area contributed by atoms with E-state index in [1.54, 1.807) is 76.2 Å². The van der Waals surface area contributed by atoms with Crippen molar-refractivity contribution in [1.29, 1.82) is 0 Å². The Kier molecular flexibility index (Phi) is 27.2. The molecule has 50 heteroatoms. The van der Waals surface area contributed by atoms with Crippen LogP contribution in [0.1, 0.15) is 119 Å². The number of amides is 2. The predicted molar refractivity (Wildman–Crippen MR) is 379 cm³/mol. The molecule has 11 heterocycles. The number of tetrazole rings is 2. The van der Waals surface area contributed by atoms with Crippen LogP contribution in [-0.2, 0) is 89.0 Å². The molecule has 0 spiro atoms. The van der Waals surface area contributed by atoms with E-state index in [0.29, 0.717) is 21.8 Å². The lowest BCUT2D eigenvalue weighted by atomic mass is 9.93. The van der Waals surface area contributed by atoms with Crippen LogP contribution in [0.4, 0.5) is 34.4 Å². The number of H-pyrrole nitrogens is 2. The third kappa shape index (κ3) is 18.6. The number of imidazole rings is 3. The minimum Gasteiger partial charge on any atom is -0.479 e. The Balaban J connectivity index is 0.000000202. The largest absolute Gasteiger partial charge is 0.479 e. The average Bonchev–Trinajstić information content (AvgIpc) is 1.59. The van der Waals surface area contributed by atoms with Crippen LogP contribution in [-0.4, -0.2) is 273 Å². The Bertz CT molecular complexity index is 4850. The molecule has 3 aliphatic heterocycles. The van der Waals surface area contributed by atoms with Crippen molar-refractivity contribution in [1.82, 2.24) is 99.8 Å². The molecule has 0 bridgehead atoms. The van der Waals surface area contributed by atoms with Crippen LogP contribution in [0, 0.1) is 25.3 Å². The number of halogens is 6. The number of nitrogens with two attached hydrogens (primary N) is 1. The van der Waals surface area contributed by atoms with Crippen LogP contribution >= 0.6 is 34.8 Å². The second-order valence-corrected chi connectivity index (χ2v) is 28.7. The number of nitrogens with zero attached hydrogens (tertiary/aromatic N) is 20. The zero-order chi connectivity index (χ0) is 84.0. The van der Waals surface area contributed by atoms with E-state index in [-0.39, 0.29) is 76.0 Å². The normalized spacial score (nSPS) is 22.7. The monoisotopic (exact) mass is 1670 g/mol. The minimum absolute atomic E-state index is 0.00194. The van der Waals surface area contributed by atoms with E-state index < -0.39 is 187 Å². The van der Waals surface area contributed by atoms with Gasteiger partial charge in [-0.3, -0.25) is 23.3 Å². The van der Waals surface area contributed by atoms with Crippen LogP contribution in [0.25, 0.3) is 38.3 Å². The van der Waals surface area contributed by atoms with Gasteiger partial charge in [-0.15, -0.1) is 20.4 Å². The van der Waals surface area contributed by atoms with Crippen LogP contribution in [0.2, 0.25) is 15.9 Å². The first kappa shape index (κ1) is 87.4. The van der Waals surface area contributed by atoms with Crippen molar-refractivity contribution in [2.24, 2.45) is 11.8 Å². The molecule has 3 saturated heterocycles. The quantitative estimate of drug-likeness (QED) is 0.0143. The van der Waals surface area contributed by atoms with Crippen LogP contribution in [0.5, 0.6) is 0 Å². The van der Waals surface area contributed by atoms with E-state index in [9.17, 15) is 58.1 Å². The summed E-state index contributed by atoms with van der Waals surface area (Å²) in [4.78, 5) is 141. The maximum Gasteiger partial charge on any atom is 0.425 e. The maximum atomic E-state index is 16.0. The number of carboxylic acids is 2. The molecule has 14 atom stereocenters. The number of fused-ring (bicyclic) bond motifs is 3. The van der Waals surface area contributed by atoms with Crippen LogP contribution in [0.3, 0.4) is 0 Å². The first-order valence-electron chi connectivity index (χ1n) is 34.4. The van der Waals surface area contributed by atoms with Crippen molar-refractivity contribution in [3.05, 3.63) is 63.6 Å². The molecule has 3 aliphatic rings. The molecule has 0 radical (unpaired) electrons. The van der Waals surface area contributed by atoms with Gasteiger partial charge in [0.25, 0.3) is 17.7 Å². The van der Waals surface area contributed by atoms with E-state index >= 15 is 8.78 Å². The number of nitrogen functional groups attached to an aromatic ring is 1. The molecule has 114 heavy (non-hydrogen) atoms. The molecule has 616 valence electrons. The summed E-state index contributed by atoms with van der Waals surface area (Å²) in [5, 5.41) is 54.4. The number of aliphatic hydroxyl groups is 1. The molecule has 2 unspecified atom stereocenters. The van der Waals surface area contributed by atoms with Crippen molar-refractivity contribution < 1.29 is 114 Å². The molecule has 0 aliphatic carbocycles. The lowest BCUT2D eigenvalue weighted by Gasteiger charge is -2.29. The lowest BCUT2D eigenvalue weighted by molar-refractivity contribution is -0.190. The number of Topliss-reactive ketones (excluding diaryl/α,β-unsaturated/α-hetero) is 2. The number of ether oxygens (including phenoxy) is 10. The van der Waals surface area contributed by atoms with Gasteiger partial charge in [0.05, 0.1) is 82.8 Å². The zero-order valence-corrected chi connectivity index (χ0v) is 65.1. The number of aryl methyl sites for hydroxylation is 1. The molecular weight excluding hydrogens is 1590 g/mol. The number of carboxylic acid groups (broad SMARTS) is 2. The van der Waals surface area contributed by atoms with E-state index in [4.69, 9.17) is 94.5 Å². The molecule has 44 nitrogen and oxygen atoms in total. The Morgan fingerprint density at radius 2 is 0.991 bits per heavy atom. The fourth-order valence-corrected chi connectivity index (χ4v) is 12.2. The second kappa shape index (κ2) is 35.4. The standard InChI is InChI=1S/C29H39ClFN9O9.C20H23ClFN5O5.C15H15ClFN9O7/c1-10-45-23(42)29(15(3)41,11-17-35-37-38-36-17)46-12-16-14(2)18(31)22(47-16)39-13-32-19-20(39)33-24(30)34-21(19)40(25(43)48-27(4,5)6)26(44)49-28(7,8)9;1-6-30-18(29)20(8-23-5,12(4)28)31-7-13-10(2)14(22)17(32-13)27-9-24-15-11(3)25-19(21)26-16(15)27;16-14-20-9(18)7-10(21-14)26(3-19-7)11-6(17)8(27)4(33-11)2-32-15(12(28)29,13(30)31)1-5-22-24-25-23-5/h13-14,16,18,22H,10-12H2,1-9H3,(H,35,36,37,38);9-10,13-14,17H,6-8H2,1-4H3;3-4,6,8,11,27H,1-2H2,(H,28,29)(H,30,31)(H2,18,20,21)(H,22,23,24,25)/t14-,16-,18+,22-,29?;10-,13-,14+,17-,20?;4-,6+,8-,11-/m111/s1. The van der Waals surface area contributed by atoms with Gasteiger partial charge in [0.15, 0.2) is 94.5 Å². The third-order valence-corrected chi connectivity index (χ3v) is 18.1. The number of aliphatic carboxylic acids is 2. The fraction of sp³-hybridized carbons (Fsp3) is 0.594. The first-order chi connectivity index (χ1) is 53.6. The van der Waals surface area contributed by atoms with Gasteiger partial charge in [0, 0.05) is 11.8 Å². The topological polar surface area (TPSA) is 563 Å². The Morgan fingerprint density at radius 3 is 1.44 bits per heavy atom. The van der Waals surface area contributed by atoms with E-state index in [1.165, 1.54) is 21.8 Å². The number of aromatic nitrogens is 20. The number of aromatic amines is 2.